The van der Waals surface area contributed by atoms with Crippen LogP contribution in [0.25, 0.3) is 0 Å². The quantitative estimate of drug-likeness (QED) is 0.550. The molecular weight excluding hydrogens is 479 g/mol. The van der Waals surface area contributed by atoms with Crippen LogP contribution >= 0.6 is 0 Å². The molecule has 4 rings (SSSR count). The van der Waals surface area contributed by atoms with Gasteiger partial charge in [-0.15, -0.1) is 0 Å². The zero-order valence-corrected chi connectivity index (χ0v) is 20.2. The molecule has 0 spiro atoms. The molecule has 2 N–H and O–H groups in total. The van der Waals surface area contributed by atoms with Crippen LogP contribution in [0.5, 0.6) is 0 Å². The molecule has 0 unspecified atom stereocenters. The molecule has 0 aromatic carbocycles. The molecule has 0 bridgehead atoms. The Bertz CT molecular complexity index is 951. The van der Waals surface area contributed by atoms with Gasteiger partial charge in [0.1, 0.15) is 18.1 Å². The van der Waals surface area contributed by atoms with Crippen LogP contribution in [0.3, 0.4) is 0 Å². The normalized spacial score (nSPS) is 35.6. The van der Waals surface area contributed by atoms with Gasteiger partial charge in [0.15, 0.2) is 0 Å². The average Bonchev–Trinajstić information content (AvgIpc) is 3.51. The van der Waals surface area contributed by atoms with E-state index >= 15 is 0 Å². The lowest BCUT2D eigenvalue weighted by Gasteiger charge is -2.35. The topological polar surface area (TPSA) is 123 Å². The fourth-order valence-electron chi connectivity index (χ4n) is 6.60. The predicted octanol–water partition coefficient (Wildman–Crippen LogP) is 1.34. The van der Waals surface area contributed by atoms with E-state index in [-0.39, 0.29) is 43.0 Å². The fraction of sp³-hybridized carbons (Fsp3) is 0.792. The zero-order valence-electron chi connectivity index (χ0n) is 20.2. The first kappa shape index (κ1) is 26.2. The van der Waals surface area contributed by atoms with Crippen LogP contribution in [-0.2, 0) is 19.2 Å². The minimum Gasteiger partial charge on any atom is -0.356 e. The summed E-state index contributed by atoms with van der Waals surface area (Å²) in [6.45, 7) is 0.654. The maximum Gasteiger partial charge on any atom is 0.471 e. The Balaban J connectivity index is 1.66. The van der Waals surface area contributed by atoms with Crippen LogP contribution in [0, 0.1) is 35.0 Å². The first-order valence-electron chi connectivity index (χ1n) is 12.6. The largest absolute Gasteiger partial charge is 0.471 e. The van der Waals surface area contributed by atoms with E-state index in [0.29, 0.717) is 37.1 Å². The number of fused-ring (bicyclic) bond motifs is 4. The van der Waals surface area contributed by atoms with Gasteiger partial charge >= 0.3 is 12.1 Å². The van der Waals surface area contributed by atoms with Crippen molar-refractivity contribution in [3.8, 4) is 6.07 Å². The van der Waals surface area contributed by atoms with Gasteiger partial charge in [0, 0.05) is 26.1 Å². The van der Waals surface area contributed by atoms with E-state index < -0.39 is 47.9 Å². The maximum atomic E-state index is 13.7. The molecule has 3 aliphatic heterocycles. The van der Waals surface area contributed by atoms with E-state index in [2.05, 4.69) is 16.7 Å². The average molecular weight is 512 g/mol. The Hall–Kier alpha value is -2.84. The Morgan fingerprint density at radius 1 is 1.06 bits per heavy atom. The number of nitrogens with zero attached hydrogens (tertiary/aromatic N) is 3. The highest BCUT2D eigenvalue weighted by Crippen LogP contribution is 2.43. The van der Waals surface area contributed by atoms with Crippen molar-refractivity contribution in [2.45, 2.75) is 75.7 Å². The number of carbonyl (C=O) groups excluding carboxylic acids is 4. The van der Waals surface area contributed by atoms with E-state index in [1.165, 1.54) is 4.90 Å². The van der Waals surface area contributed by atoms with Crippen LogP contribution < -0.4 is 10.6 Å². The summed E-state index contributed by atoms with van der Waals surface area (Å²) in [7, 11) is 0.981. The molecule has 198 valence electrons. The van der Waals surface area contributed by atoms with Crippen molar-refractivity contribution in [2.75, 3.05) is 20.1 Å². The van der Waals surface area contributed by atoms with Crippen molar-refractivity contribution in [3.63, 3.8) is 0 Å². The van der Waals surface area contributed by atoms with Gasteiger partial charge in [-0.3, -0.25) is 19.2 Å². The van der Waals surface area contributed by atoms with Gasteiger partial charge in [0.25, 0.3) is 0 Å². The molecule has 3 saturated heterocycles. The zero-order chi connectivity index (χ0) is 26.2. The molecule has 4 aliphatic rings. The Labute approximate surface area is 207 Å². The summed E-state index contributed by atoms with van der Waals surface area (Å²) in [5.74, 6) is -4.13. The van der Waals surface area contributed by atoms with E-state index in [1.807, 2.05) is 0 Å². The predicted molar refractivity (Wildman–Crippen MR) is 120 cm³/mol. The lowest BCUT2D eigenvalue weighted by Crippen LogP contribution is -2.57. The van der Waals surface area contributed by atoms with Gasteiger partial charge in [-0.25, -0.2) is 0 Å². The monoisotopic (exact) mass is 511 g/mol. The van der Waals surface area contributed by atoms with Crippen LogP contribution in [-0.4, -0.2) is 77.9 Å². The van der Waals surface area contributed by atoms with Crippen molar-refractivity contribution >= 4 is 23.6 Å². The number of nitrogens with one attached hydrogen (secondary N) is 2. The van der Waals surface area contributed by atoms with Crippen molar-refractivity contribution in [1.82, 2.24) is 20.4 Å². The molecule has 0 radical (unpaired) electrons. The molecule has 4 fully saturated rings. The van der Waals surface area contributed by atoms with Gasteiger partial charge in [-0.2, -0.15) is 18.4 Å². The third-order valence-corrected chi connectivity index (χ3v) is 8.47. The second kappa shape index (κ2) is 10.3. The second-order valence-electron chi connectivity index (χ2n) is 10.5. The lowest BCUT2D eigenvalue weighted by atomic mass is 9.85. The first-order chi connectivity index (χ1) is 17.0. The van der Waals surface area contributed by atoms with E-state index in [4.69, 9.17) is 0 Å². The van der Waals surface area contributed by atoms with E-state index in [9.17, 15) is 37.6 Å². The SMILES string of the molecule is CN(C(=O)C(F)(F)F)[C@H]1CCCC[C@H]2CNC(=O)[C@H]2C[C@@H](C#N)NC(=O)[C@@H]2[C@H]3CCC[C@H]3CN2C1=O. The number of rotatable bonds is 1. The Kier molecular flexibility index (Phi) is 7.48. The van der Waals surface area contributed by atoms with Gasteiger partial charge in [0.05, 0.1) is 6.07 Å². The summed E-state index contributed by atoms with van der Waals surface area (Å²) < 4.78 is 39.8. The molecule has 4 amide bonds. The summed E-state index contributed by atoms with van der Waals surface area (Å²) in [6.07, 6.45) is -1.07. The Morgan fingerprint density at radius 3 is 2.44 bits per heavy atom. The molecule has 1 saturated carbocycles. The Morgan fingerprint density at radius 2 is 1.75 bits per heavy atom. The lowest BCUT2D eigenvalue weighted by molar-refractivity contribution is -0.187. The maximum absolute atomic E-state index is 13.7. The molecule has 1 aliphatic carbocycles. The highest BCUT2D eigenvalue weighted by molar-refractivity contribution is 5.94. The smallest absolute Gasteiger partial charge is 0.356 e. The molecule has 9 nitrogen and oxygen atoms in total. The molecule has 0 aromatic rings. The van der Waals surface area contributed by atoms with Gasteiger partial charge < -0.3 is 20.4 Å². The van der Waals surface area contributed by atoms with Crippen molar-refractivity contribution < 1.29 is 32.3 Å². The molecule has 0 aromatic heterocycles. The van der Waals surface area contributed by atoms with Crippen LogP contribution in [0.2, 0.25) is 0 Å². The summed E-state index contributed by atoms with van der Waals surface area (Å²) >= 11 is 0. The summed E-state index contributed by atoms with van der Waals surface area (Å²) in [6, 6.07) is -1.15. The number of hydrogen-bond acceptors (Lipinski definition) is 5. The second-order valence-corrected chi connectivity index (χ2v) is 10.5. The number of carbonyl (C=O) groups is 4. The molecule has 12 heteroatoms. The van der Waals surface area contributed by atoms with Crippen molar-refractivity contribution in [2.24, 2.45) is 23.7 Å². The molecule has 7 atom stereocenters. The van der Waals surface area contributed by atoms with Gasteiger partial charge in [0.2, 0.25) is 17.7 Å². The first-order valence-corrected chi connectivity index (χ1v) is 12.6. The van der Waals surface area contributed by atoms with Crippen LogP contribution in [0.4, 0.5) is 13.2 Å². The standard InChI is InChI=1S/C24H32F3N5O4/c1-31(23(36)24(25,26)27)18-8-3-2-5-13-11-29-20(33)17(13)9-15(10-28)30-21(34)19-16-7-4-6-14(16)12-32(19)22(18)35/h13-19H,2-9,11-12H2,1H3,(H,29,33)(H,30,34)/t13-,14-,15-,16-,17-,18-,19-/m0/s1. The summed E-state index contributed by atoms with van der Waals surface area (Å²) in [5.41, 5.74) is 0. The minimum atomic E-state index is -5.13. The number of likely N-dealkylation sites (N-methyl/N-ethyl adjacent to an activating group) is 1. The van der Waals surface area contributed by atoms with Gasteiger partial charge in [-0.1, -0.05) is 19.3 Å². The van der Waals surface area contributed by atoms with Crippen molar-refractivity contribution in [1.29, 1.82) is 5.26 Å². The number of amides is 4. The number of halogens is 3. The summed E-state index contributed by atoms with van der Waals surface area (Å²) in [5, 5.41) is 15.2. The number of alkyl halides is 3. The van der Waals surface area contributed by atoms with Gasteiger partial charge in [-0.05, 0) is 49.9 Å². The molecule has 36 heavy (non-hydrogen) atoms. The van der Waals surface area contributed by atoms with Crippen LogP contribution in [0.1, 0.15) is 51.4 Å². The summed E-state index contributed by atoms with van der Waals surface area (Å²) in [4.78, 5) is 53.4. The fourth-order valence-corrected chi connectivity index (χ4v) is 6.60. The van der Waals surface area contributed by atoms with E-state index in [0.717, 1.165) is 19.9 Å². The highest BCUT2D eigenvalue weighted by Gasteiger charge is 2.52. The third kappa shape index (κ3) is 5.02. The highest BCUT2D eigenvalue weighted by atomic mass is 19.4. The third-order valence-electron chi connectivity index (χ3n) is 8.47. The minimum absolute atomic E-state index is 0.0247. The van der Waals surface area contributed by atoms with Crippen molar-refractivity contribution in [3.05, 3.63) is 0 Å². The van der Waals surface area contributed by atoms with Crippen LogP contribution in [0.15, 0.2) is 0 Å². The molecular formula is C24H32F3N5O4. The van der Waals surface area contributed by atoms with E-state index in [1.54, 1.807) is 0 Å². The molecule has 3 heterocycles. The number of nitriles is 1. The number of hydrogen-bond donors (Lipinski definition) is 2.